The van der Waals surface area contributed by atoms with E-state index in [2.05, 4.69) is 15.2 Å². The molecule has 1 fully saturated rings. The maximum absolute atomic E-state index is 12.8. The van der Waals surface area contributed by atoms with Gasteiger partial charge in [0.25, 0.3) is 5.91 Å². The molecule has 2 aromatic rings. The molecule has 0 unspecified atom stereocenters. The maximum atomic E-state index is 12.8. The van der Waals surface area contributed by atoms with Crippen molar-refractivity contribution in [2.75, 3.05) is 13.2 Å². The summed E-state index contributed by atoms with van der Waals surface area (Å²) in [5.74, 6) is -0.794. The number of aromatic nitrogens is 1. The SMILES string of the molecule is CCO/C(=C\Oc1ccc(Cc2nc(C(=O)NOCC3CC3)cs2)cc1)C(F)(F)F. The number of halogens is 3. The molecule has 0 radical (unpaired) electrons. The molecule has 1 aliphatic rings. The lowest BCUT2D eigenvalue weighted by molar-refractivity contribution is -0.132. The summed E-state index contributed by atoms with van der Waals surface area (Å²) in [4.78, 5) is 21.4. The molecule has 1 aromatic heterocycles. The third kappa shape index (κ3) is 6.74. The highest BCUT2D eigenvalue weighted by molar-refractivity contribution is 7.09. The van der Waals surface area contributed by atoms with E-state index in [9.17, 15) is 18.0 Å². The Morgan fingerprint density at radius 2 is 2.03 bits per heavy atom. The third-order valence-electron chi connectivity index (χ3n) is 4.13. The van der Waals surface area contributed by atoms with E-state index in [1.165, 1.54) is 18.3 Å². The van der Waals surface area contributed by atoms with Crippen molar-refractivity contribution in [3.63, 3.8) is 0 Å². The molecule has 1 amide bonds. The second-order valence-corrected chi connectivity index (χ2v) is 7.61. The van der Waals surface area contributed by atoms with E-state index in [0.29, 0.717) is 25.2 Å². The first-order valence-corrected chi connectivity index (χ1v) is 10.3. The lowest BCUT2D eigenvalue weighted by atomic mass is 10.1. The summed E-state index contributed by atoms with van der Waals surface area (Å²) in [6, 6.07) is 6.55. The van der Waals surface area contributed by atoms with Gasteiger partial charge in [-0.25, -0.2) is 10.5 Å². The van der Waals surface area contributed by atoms with Crippen molar-refractivity contribution >= 4 is 17.2 Å². The van der Waals surface area contributed by atoms with Crippen molar-refractivity contribution in [2.45, 2.75) is 32.4 Å². The highest BCUT2D eigenvalue weighted by atomic mass is 32.1. The summed E-state index contributed by atoms with van der Waals surface area (Å²) in [7, 11) is 0. The molecule has 1 heterocycles. The van der Waals surface area contributed by atoms with Gasteiger partial charge in [-0.15, -0.1) is 11.3 Å². The number of carbonyl (C=O) groups excluding carboxylic acids is 1. The zero-order chi connectivity index (χ0) is 21.6. The predicted molar refractivity (Wildman–Crippen MR) is 104 cm³/mol. The van der Waals surface area contributed by atoms with Crippen LogP contribution in [0.2, 0.25) is 0 Å². The average Bonchev–Trinajstić information content (AvgIpc) is 3.41. The van der Waals surface area contributed by atoms with E-state index in [0.717, 1.165) is 23.4 Å². The Balaban J connectivity index is 1.52. The molecule has 162 valence electrons. The highest BCUT2D eigenvalue weighted by Gasteiger charge is 2.36. The fourth-order valence-electron chi connectivity index (χ4n) is 2.38. The second kappa shape index (κ2) is 9.94. The standard InChI is InChI=1S/C20H21F3N2O4S/c1-2-27-17(20(21,22)23)11-28-15-7-5-13(6-8-15)9-18-24-16(12-30-18)19(26)25-29-10-14-3-4-14/h5-8,11-12,14H,2-4,9-10H2,1H3,(H,25,26)/b17-11-. The second-order valence-electron chi connectivity index (χ2n) is 6.66. The van der Waals surface area contributed by atoms with Crippen molar-refractivity contribution in [3.05, 3.63) is 57.9 Å². The van der Waals surface area contributed by atoms with Crippen LogP contribution in [0.25, 0.3) is 0 Å². The molecule has 1 saturated carbocycles. The first-order valence-electron chi connectivity index (χ1n) is 9.37. The van der Waals surface area contributed by atoms with Crippen LogP contribution in [0.1, 0.15) is 40.8 Å². The molecular weight excluding hydrogens is 421 g/mol. The van der Waals surface area contributed by atoms with E-state index >= 15 is 0 Å². The maximum Gasteiger partial charge on any atom is 0.452 e. The van der Waals surface area contributed by atoms with Crippen molar-refractivity contribution < 1.29 is 32.3 Å². The lowest BCUT2D eigenvalue weighted by Gasteiger charge is -2.12. The summed E-state index contributed by atoms with van der Waals surface area (Å²) in [6.07, 6.45) is -1.33. The number of benzene rings is 1. The minimum atomic E-state index is -4.62. The molecule has 3 rings (SSSR count). The summed E-state index contributed by atoms with van der Waals surface area (Å²) >= 11 is 1.34. The van der Waals surface area contributed by atoms with Crippen LogP contribution in [-0.2, 0) is 16.0 Å². The van der Waals surface area contributed by atoms with Gasteiger partial charge >= 0.3 is 6.18 Å². The lowest BCUT2D eigenvalue weighted by Crippen LogP contribution is -2.25. The number of hydrogen-bond donors (Lipinski definition) is 1. The van der Waals surface area contributed by atoms with E-state index < -0.39 is 11.9 Å². The number of hydroxylamine groups is 1. The largest absolute Gasteiger partial charge is 0.487 e. The monoisotopic (exact) mass is 442 g/mol. The first-order chi connectivity index (χ1) is 14.3. The molecule has 0 saturated heterocycles. The van der Waals surface area contributed by atoms with Crippen molar-refractivity contribution in [3.8, 4) is 5.75 Å². The molecular formula is C20H21F3N2O4S. The van der Waals surface area contributed by atoms with Crippen LogP contribution < -0.4 is 10.2 Å². The Morgan fingerprint density at radius 1 is 1.30 bits per heavy atom. The summed E-state index contributed by atoms with van der Waals surface area (Å²) < 4.78 is 47.9. The number of carbonyl (C=O) groups is 1. The molecule has 0 spiro atoms. The molecule has 1 aromatic carbocycles. The third-order valence-corrected chi connectivity index (χ3v) is 4.97. The number of rotatable bonds is 10. The molecule has 0 bridgehead atoms. The zero-order valence-electron chi connectivity index (χ0n) is 16.2. The van der Waals surface area contributed by atoms with Crippen molar-refractivity contribution in [1.82, 2.24) is 10.5 Å². The van der Waals surface area contributed by atoms with Gasteiger partial charge in [0.2, 0.25) is 5.76 Å². The molecule has 6 nitrogen and oxygen atoms in total. The van der Waals surface area contributed by atoms with Gasteiger partial charge in [0.15, 0.2) is 0 Å². The molecule has 1 N–H and O–H groups in total. The van der Waals surface area contributed by atoms with Crippen molar-refractivity contribution in [2.24, 2.45) is 5.92 Å². The summed E-state index contributed by atoms with van der Waals surface area (Å²) in [6.45, 7) is 1.86. The van der Waals surface area contributed by atoms with Gasteiger partial charge in [-0.2, -0.15) is 13.2 Å². The fourth-order valence-corrected chi connectivity index (χ4v) is 3.19. The van der Waals surface area contributed by atoms with Crippen molar-refractivity contribution in [1.29, 1.82) is 0 Å². The topological polar surface area (TPSA) is 69.7 Å². The minimum absolute atomic E-state index is 0.117. The number of allylic oxidation sites excluding steroid dienone is 1. The summed E-state index contributed by atoms with van der Waals surface area (Å²) in [5.41, 5.74) is 3.55. The van der Waals surface area contributed by atoms with E-state index in [4.69, 9.17) is 9.57 Å². The molecule has 0 aliphatic heterocycles. The Labute approximate surface area is 175 Å². The van der Waals surface area contributed by atoms with Gasteiger partial charge in [-0.3, -0.25) is 9.63 Å². The fraction of sp³-hybridized carbons (Fsp3) is 0.400. The summed E-state index contributed by atoms with van der Waals surface area (Å²) in [5, 5.41) is 2.38. The normalized spacial score (nSPS) is 14.5. The van der Waals surface area contributed by atoms with Gasteiger partial charge in [0, 0.05) is 11.8 Å². The predicted octanol–water partition coefficient (Wildman–Crippen LogP) is 4.62. The van der Waals surface area contributed by atoms with E-state index in [1.807, 2.05) is 0 Å². The number of ether oxygens (including phenoxy) is 2. The highest BCUT2D eigenvalue weighted by Crippen LogP contribution is 2.28. The Hall–Kier alpha value is -2.59. The Morgan fingerprint density at radius 3 is 2.67 bits per heavy atom. The van der Waals surface area contributed by atoms with E-state index in [-0.39, 0.29) is 24.0 Å². The Bertz CT molecular complexity index is 877. The quantitative estimate of drug-likeness (QED) is 0.429. The van der Waals surface area contributed by atoms with Gasteiger partial charge in [0.1, 0.15) is 17.7 Å². The number of alkyl halides is 3. The number of thiazole rings is 1. The van der Waals surface area contributed by atoms with Gasteiger partial charge in [-0.1, -0.05) is 12.1 Å². The first kappa shape index (κ1) is 22.1. The Kier molecular flexibility index (Phi) is 7.33. The van der Waals surface area contributed by atoms with Gasteiger partial charge < -0.3 is 9.47 Å². The average molecular weight is 442 g/mol. The van der Waals surface area contributed by atoms with Crippen LogP contribution >= 0.6 is 11.3 Å². The molecule has 1 aliphatic carbocycles. The minimum Gasteiger partial charge on any atom is -0.487 e. The molecule has 30 heavy (non-hydrogen) atoms. The molecule has 10 heteroatoms. The van der Waals surface area contributed by atoms with Crippen LogP contribution in [0, 0.1) is 5.92 Å². The van der Waals surface area contributed by atoms with Gasteiger partial charge in [-0.05, 0) is 43.4 Å². The van der Waals surface area contributed by atoms with Crippen LogP contribution in [0.3, 0.4) is 0 Å². The van der Waals surface area contributed by atoms with Crippen LogP contribution in [0.4, 0.5) is 13.2 Å². The number of nitrogens with zero attached hydrogens (tertiary/aromatic N) is 1. The smallest absolute Gasteiger partial charge is 0.452 e. The van der Waals surface area contributed by atoms with Crippen LogP contribution in [0.15, 0.2) is 41.7 Å². The molecule has 0 atom stereocenters. The van der Waals surface area contributed by atoms with Crippen LogP contribution in [0.5, 0.6) is 5.75 Å². The number of amides is 1. The zero-order valence-corrected chi connectivity index (χ0v) is 17.0. The van der Waals surface area contributed by atoms with Gasteiger partial charge in [0.05, 0.1) is 18.2 Å². The van der Waals surface area contributed by atoms with E-state index in [1.54, 1.807) is 29.6 Å². The van der Waals surface area contributed by atoms with Crippen LogP contribution in [-0.4, -0.2) is 30.3 Å². The number of nitrogens with one attached hydrogen (secondary N) is 1. The number of hydrogen-bond acceptors (Lipinski definition) is 6.